The van der Waals surface area contributed by atoms with E-state index in [-0.39, 0.29) is 18.4 Å². The molecule has 2 fully saturated rings. The van der Waals surface area contributed by atoms with Gasteiger partial charge in [-0.05, 0) is 19.8 Å². The fraction of sp³-hybridized carbons (Fsp3) is 1.00. The van der Waals surface area contributed by atoms with Gasteiger partial charge < -0.3 is 20.3 Å². The second-order valence-electron chi connectivity index (χ2n) is 5.06. The molecule has 1 heterocycles. The van der Waals surface area contributed by atoms with E-state index in [1.54, 1.807) is 0 Å². The third-order valence-electron chi connectivity index (χ3n) is 3.65. The summed E-state index contributed by atoms with van der Waals surface area (Å²) >= 11 is 0. The van der Waals surface area contributed by atoms with E-state index < -0.39 is 6.10 Å². The Kier molecular flexibility index (Phi) is 4.19. The number of hydrogen-bond acceptors (Lipinski definition) is 4. The summed E-state index contributed by atoms with van der Waals surface area (Å²) < 4.78 is 11.5. The zero-order valence-corrected chi connectivity index (χ0v) is 9.97. The SMILES string of the molecule is C[C@@H]1O[C@H](OC2CCCCC2)C[C@@H](N)[C@H]1O. The van der Waals surface area contributed by atoms with Crippen LogP contribution in [0.1, 0.15) is 45.4 Å². The molecule has 0 aromatic rings. The highest BCUT2D eigenvalue weighted by Crippen LogP contribution is 2.26. The van der Waals surface area contributed by atoms with Crippen LogP contribution in [0.15, 0.2) is 0 Å². The zero-order valence-electron chi connectivity index (χ0n) is 9.97. The first-order chi connectivity index (χ1) is 7.66. The summed E-state index contributed by atoms with van der Waals surface area (Å²) in [5.41, 5.74) is 5.85. The highest BCUT2D eigenvalue weighted by Gasteiger charge is 2.34. The lowest BCUT2D eigenvalue weighted by Crippen LogP contribution is -2.52. The molecule has 1 aliphatic heterocycles. The number of aliphatic hydroxyl groups excluding tert-OH is 1. The second-order valence-corrected chi connectivity index (χ2v) is 5.06. The van der Waals surface area contributed by atoms with E-state index in [0.717, 1.165) is 12.8 Å². The lowest BCUT2D eigenvalue weighted by atomic mass is 9.97. The van der Waals surface area contributed by atoms with Crippen LogP contribution in [-0.2, 0) is 9.47 Å². The molecule has 0 amide bonds. The van der Waals surface area contributed by atoms with Crippen LogP contribution < -0.4 is 5.73 Å². The fourth-order valence-corrected chi connectivity index (χ4v) is 2.59. The van der Waals surface area contributed by atoms with Crippen LogP contribution >= 0.6 is 0 Å². The molecule has 0 spiro atoms. The number of hydrogen-bond donors (Lipinski definition) is 2. The van der Waals surface area contributed by atoms with Gasteiger partial charge in [0.25, 0.3) is 0 Å². The molecule has 1 saturated carbocycles. The van der Waals surface area contributed by atoms with Crippen molar-refractivity contribution in [3.63, 3.8) is 0 Å². The van der Waals surface area contributed by atoms with E-state index in [0.29, 0.717) is 12.5 Å². The molecule has 0 unspecified atom stereocenters. The molecule has 0 aromatic carbocycles. The third-order valence-corrected chi connectivity index (χ3v) is 3.65. The average molecular weight is 229 g/mol. The van der Waals surface area contributed by atoms with Crippen LogP contribution in [0.4, 0.5) is 0 Å². The molecule has 0 radical (unpaired) electrons. The first kappa shape index (κ1) is 12.3. The van der Waals surface area contributed by atoms with Crippen LogP contribution in [-0.4, -0.2) is 35.8 Å². The summed E-state index contributed by atoms with van der Waals surface area (Å²) in [7, 11) is 0. The van der Waals surface area contributed by atoms with Gasteiger partial charge in [-0.2, -0.15) is 0 Å². The van der Waals surface area contributed by atoms with Crippen molar-refractivity contribution in [1.29, 1.82) is 0 Å². The highest BCUT2D eigenvalue weighted by molar-refractivity contribution is 4.83. The Morgan fingerprint density at radius 2 is 1.94 bits per heavy atom. The summed E-state index contributed by atoms with van der Waals surface area (Å²) in [6, 6.07) is -0.225. The molecule has 3 N–H and O–H groups in total. The van der Waals surface area contributed by atoms with E-state index in [4.69, 9.17) is 15.2 Å². The van der Waals surface area contributed by atoms with Crippen molar-refractivity contribution in [1.82, 2.24) is 0 Å². The standard InChI is InChI=1S/C12H23NO3/c1-8-12(14)10(13)7-11(15-8)16-9-5-3-2-4-6-9/h8-12,14H,2-7,13H2,1H3/t8-,10+,11+,12-/m0/s1. The highest BCUT2D eigenvalue weighted by atomic mass is 16.7. The number of ether oxygens (including phenoxy) is 2. The van der Waals surface area contributed by atoms with Crippen molar-refractivity contribution in [2.24, 2.45) is 5.73 Å². The number of nitrogens with two attached hydrogens (primary N) is 1. The normalized spacial score (nSPS) is 42.2. The minimum atomic E-state index is -0.564. The number of rotatable bonds is 2. The zero-order chi connectivity index (χ0) is 11.5. The van der Waals surface area contributed by atoms with Gasteiger partial charge >= 0.3 is 0 Å². The van der Waals surface area contributed by atoms with Gasteiger partial charge in [0.2, 0.25) is 0 Å². The van der Waals surface area contributed by atoms with Crippen molar-refractivity contribution in [2.75, 3.05) is 0 Å². The van der Waals surface area contributed by atoms with Gasteiger partial charge in [0.05, 0.1) is 18.3 Å². The van der Waals surface area contributed by atoms with E-state index >= 15 is 0 Å². The van der Waals surface area contributed by atoms with Crippen molar-refractivity contribution in [3.8, 4) is 0 Å². The van der Waals surface area contributed by atoms with E-state index in [1.807, 2.05) is 6.92 Å². The van der Waals surface area contributed by atoms with E-state index in [2.05, 4.69) is 0 Å². The van der Waals surface area contributed by atoms with Gasteiger partial charge in [0.1, 0.15) is 0 Å². The van der Waals surface area contributed by atoms with Crippen molar-refractivity contribution in [3.05, 3.63) is 0 Å². The maximum atomic E-state index is 9.66. The van der Waals surface area contributed by atoms with Gasteiger partial charge in [-0.3, -0.25) is 0 Å². The lowest BCUT2D eigenvalue weighted by Gasteiger charge is -2.38. The van der Waals surface area contributed by atoms with Crippen LogP contribution in [0.2, 0.25) is 0 Å². The average Bonchev–Trinajstić information content (AvgIpc) is 2.27. The number of aliphatic hydroxyl groups is 1. The molecule has 0 bridgehead atoms. The fourth-order valence-electron chi connectivity index (χ4n) is 2.59. The molecule has 94 valence electrons. The van der Waals surface area contributed by atoms with Crippen LogP contribution in [0, 0.1) is 0 Å². The van der Waals surface area contributed by atoms with Gasteiger partial charge in [-0.15, -0.1) is 0 Å². The van der Waals surface area contributed by atoms with Gasteiger partial charge in [0, 0.05) is 12.5 Å². The largest absolute Gasteiger partial charge is 0.389 e. The Bertz CT molecular complexity index is 206. The summed E-state index contributed by atoms with van der Waals surface area (Å²) in [4.78, 5) is 0. The molecule has 4 atom stereocenters. The molecular formula is C12H23NO3. The Hall–Kier alpha value is -0.160. The molecule has 2 aliphatic rings. The maximum Gasteiger partial charge on any atom is 0.160 e. The van der Waals surface area contributed by atoms with E-state index in [1.165, 1.54) is 19.3 Å². The van der Waals surface area contributed by atoms with Crippen LogP contribution in [0.3, 0.4) is 0 Å². The van der Waals surface area contributed by atoms with Crippen LogP contribution in [0.25, 0.3) is 0 Å². The minimum absolute atomic E-state index is 0.225. The maximum absolute atomic E-state index is 9.66. The molecule has 16 heavy (non-hydrogen) atoms. The molecule has 0 aromatic heterocycles. The molecule has 4 heteroatoms. The quantitative estimate of drug-likeness (QED) is 0.745. The molecule has 1 aliphatic carbocycles. The minimum Gasteiger partial charge on any atom is -0.389 e. The Balaban J connectivity index is 1.81. The second kappa shape index (κ2) is 5.45. The first-order valence-electron chi connectivity index (χ1n) is 6.41. The Morgan fingerprint density at radius 1 is 1.25 bits per heavy atom. The summed E-state index contributed by atoms with van der Waals surface area (Å²) in [5.74, 6) is 0. The molecule has 2 rings (SSSR count). The van der Waals surface area contributed by atoms with Gasteiger partial charge in [-0.25, -0.2) is 0 Å². The van der Waals surface area contributed by atoms with Crippen LogP contribution in [0.5, 0.6) is 0 Å². The van der Waals surface area contributed by atoms with Crippen molar-refractivity contribution < 1.29 is 14.6 Å². The predicted molar refractivity (Wildman–Crippen MR) is 60.9 cm³/mol. The summed E-state index contributed by atoms with van der Waals surface area (Å²) in [6.45, 7) is 1.85. The summed E-state index contributed by atoms with van der Waals surface area (Å²) in [6.07, 6.45) is 6.00. The third kappa shape index (κ3) is 2.94. The molecular weight excluding hydrogens is 206 g/mol. The van der Waals surface area contributed by atoms with Gasteiger partial charge in [0.15, 0.2) is 6.29 Å². The summed E-state index contributed by atoms with van der Waals surface area (Å²) in [5, 5.41) is 9.66. The van der Waals surface area contributed by atoms with E-state index in [9.17, 15) is 5.11 Å². The Labute approximate surface area is 97.1 Å². The predicted octanol–water partition coefficient (Wildman–Crippen LogP) is 1.16. The monoisotopic (exact) mass is 229 g/mol. The smallest absolute Gasteiger partial charge is 0.160 e. The van der Waals surface area contributed by atoms with Gasteiger partial charge in [-0.1, -0.05) is 19.3 Å². The van der Waals surface area contributed by atoms with Crippen molar-refractivity contribution >= 4 is 0 Å². The topological polar surface area (TPSA) is 64.7 Å². The molecule has 1 saturated heterocycles. The lowest BCUT2D eigenvalue weighted by molar-refractivity contribution is -0.241. The molecule has 4 nitrogen and oxygen atoms in total. The van der Waals surface area contributed by atoms with Crippen molar-refractivity contribution in [2.45, 2.75) is 76.1 Å². The first-order valence-corrected chi connectivity index (χ1v) is 6.41. The Morgan fingerprint density at radius 3 is 2.56 bits per heavy atom.